The van der Waals surface area contributed by atoms with Gasteiger partial charge >= 0.3 is 5.69 Å². The van der Waals surface area contributed by atoms with Crippen LogP contribution in [0.2, 0.25) is 0 Å². The van der Waals surface area contributed by atoms with Gasteiger partial charge in [-0.2, -0.15) is 0 Å². The third kappa shape index (κ3) is 3.17. The molecule has 152 valence electrons. The summed E-state index contributed by atoms with van der Waals surface area (Å²) in [6.45, 7) is 0. The first-order chi connectivity index (χ1) is 14.3. The van der Waals surface area contributed by atoms with E-state index in [9.17, 15) is 27.6 Å². The summed E-state index contributed by atoms with van der Waals surface area (Å²) in [6.07, 6.45) is 1.28. The molecule has 0 spiro atoms. The van der Waals surface area contributed by atoms with Crippen molar-refractivity contribution in [2.24, 2.45) is 7.05 Å². The molecule has 0 unspecified atom stereocenters. The maximum Gasteiger partial charge on any atom is 0.333 e. The van der Waals surface area contributed by atoms with Crippen molar-refractivity contribution in [2.45, 2.75) is 0 Å². The molecular weight excluding hydrogens is 401 g/mol. The number of carbonyl (C=O) groups is 1. The molecular formula is C20H13F3N4O3. The van der Waals surface area contributed by atoms with Gasteiger partial charge in [-0.15, -0.1) is 0 Å². The predicted molar refractivity (Wildman–Crippen MR) is 103 cm³/mol. The Labute approximate surface area is 166 Å². The number of H-pyrrole nitrogens is 1. The lowest BCUT2D eigenvalue weighted by Crippen LogP contribution is -2.34. The Kier molecular flexibility index (Phi) is 4.53. The number of carbonyl (C=O) groups excluding carboxylic acids is 1. The number of hydrogen-bond acceptors (Lipinski definition) is 3. The summed E-state index contributed by atoms with van der Waals surface area (Å²) in [7, 11) is 1.48. The molecule has 2 aromatic carbocycles. The minimum Gasteiger partial charge on any atom is -0.344 e. The van der Waals surface area contributed by atoms with Gasteiger partial charge in [0.05, 0.1) is 22.5 Å². The van der Waals surface area contributed by atoms with Crippen molar-refractivity contribution in [3.63, 3.8) is 0 Å². The third-order valence-electron chi connectivity index (χ3n) is 4.53. The molecule has 4 aromatic rings. The van der Waals surface area contributed by atoms with Gasteiger partial charge in [0.25, 0.3) is 11.5 Å². The quantitative estimate of drug-likeness (QED) is 0.540. The van der Waals surface area contributed by atoms with E-state index in [1.54, 1.807) is 0 Å². The van der Waals surface area contributed by atoms with Gasteiger partial charge < -0.3 is 14.9 Å². The highest BCUT2D eigenvalue weighted by atomic mass is 19.1. The van der Waals surface area contributed by atoms with Crippen molar-refractivity contribution < 1.29 is 18.0 Å². The minimum absolute atomic E-state index is 0.0104. The van der Waals surface area contributed by atoms with E-state index in [2.05, 4.69) is 10.3 Å². The summed E-state index contributed by atoms with van der Waals surface area (Å²) >= 11 is 0. The van der Waals surface area contributed by atoms with Gasteiger partial charge in [0.2, 0.25) is 0 Å². The molecule has 0 saturated heterocycles. The van der Waals surface area contributed by atoms with Crippen LogP contribution in [0.3, 0.4) is 0 Å². The van der Waals surface area contributed by atoms with E-state index in [0.29, 0.717) is 0 Å². The van der Waals surface area contributed by atoms with Crippen LogP contribution in [0, 0.1) is 17.5 Å². The number of hydrogen-bond donors (Lipinski definition) is 2. The zero-order valence-corrected chi connectivity index (χ0v) is 15.4. The van der Waals surface area contributed by atoms with Gasteiger partial charge in [-0.05, 0) is 36.4 Å². The van der Waals surface area contributed by atoms with Crippen LogP contribution in [0.5, 0.6) is 0 Å². The van der Waals surface area contributed by atoms with E-state index in [-0.39, 0.29) is 28.0 Å². The van der Waals surface area contributed by atoms with E-state index in [4.69, 9.17) is 0 Å². The molecule has 10 heteroatoms. The SMILES string of the molecule is Cn1cc(C(=O)Nc2cc(F)ccc2F)c2[nH]c(=O)n(-c3ccc(F)cc3)c(=O)c21. The molecule has 2 N–H and O–H groups in total. The van der Waals surface area contributed by atoms with Gasteiger partial charge in [0, 0.05) is 19.3 Å². The number of fused-ring (bicyclic) bond motifs is 1. The first-order valence-electron chi connectivity index (χ1n) is 8.63. The van der Waals surface area contributed by atoms with Gasteiger partial charge in [0.15, 0.2) is 0 Å². The Bertz CT molecular complexity index is 1420. The molecule has 0 atom stereocenters. The lowest BCUT2D eigenvalue weighted by Gasteiger charge is -2.07. The number of rotatable bonds is 3. The largest absolute Gasteiger partial charge is 0.344 e. The van der Waals surface area contributed by atoms with Gasteiger partial charge in [0.1, 0.15) is 23.0 Å². The summed E-state index contributed by atoms with van der Waals surface area (Å²) in [5.74, 6) is -2.98. The number of anilines is 1. The van der Waals surface area contributed by atoms with E-state index in [1.807, 2.05) is 0 Å². The maximum atomic E-state index is 13.8. The van der Waals surface area contributed by atoms with E-state index < -0.39 is 34.6 Å². The average Bonchev–Trinajstić information content (AvgIpc) is 3.02. The Morgan fingerprint density at radius 3 is 2.37 bits per heavy atom. The molecule has 0 bridgehead atoms. The number of aromatic nitrogens is 3. The summed E-state index contributed by atoms with van der Waals surface area (Å²) in [5, 5.41) is 2.22. The zero-order valence-electron chi connectivity index (χ0n) is 15.4. The second-order valence-electron chi connectivity index (χ2n) is 6.50. The fourth-order valence-electron chi connectivity index (χ4n) is 3.15. The summed E-state index contributed by atoms with van der Waals surface area (Å²) in [6, 6.07) is 7.30. The number of amides is 1. The number of nitrogens with zero attached hydrogens (tertiary/aromatic N) is 2. The zero-order chi connectivity index (χ0) is 21.6. The second kappa shape index (κ2) is 7.07. The highest BCUT2D eigenvalue weighted by Gasteiger charge is 2.21. The molecule has 0 aliphatic rings. The first-order valence-corrected chi connectivity index (χ1v) is 8.63. The lowest BCUT2D eigenvalue weighted by molar-refractivity contribution is 0.102. The molecule has 0 fully saturated rings. The van der Waals surface area contributed by atoms with Crippen molar-refractivity contribution in [3.8, 4) is 5.69 Å². The summed E-state index contributed by atoms with van der Waals surface area (Å²) in [5.41, 5.74) is -2.03. The molecule has 0 aliphatic carbocycles. The number of halogens is 3. The topological polar surface area (TPSA) is 88.9 Å². The smallest absolute Gasteiger partial charge is 0.333 e. The normalized spacial score (nSPS) is 11.1. The van der Waals surface area contributed by atoms with Crippen LogP contribution in [0.25, 0.3) is 16.7 Å². The van der Waals surface area contributed by atoms with Crippen LogP contribution in [0.15, 0.2) is 58.3 Å². The van der Waals surface area contributed by atoms with Crippen LogP contribution >= 0.6 is 0 Å². The average molecular weight is 414 g/mol. The highest BCUT2D eigenvalue weighted by molar-refractivity contribution is 6.11. The Hall–Kier alpha value is -4.08. The summed E-state index contributed by atoms with van der Waals surface area (Å²) in [4.78, 5) is 40.6. The molecule has 0 aliphatic heterocycles. The van der Waals surface area contributed by atoms with Crippen LogP contribution < -0.4 is 16.6 Å². The standard InChI is InChI=1S/C20H13F3N4O3/c1-26-9-13(18(28)24-15-8-11(22)4-7-14(15)23)16-17(26)19(29)27(20(30)25-16)12-5-2-10(21)3-6-12/h2-9H,1H3,(H,24,28)(H,25,30). The molecule has 30 heavy (non-hydrogen) atoms. The molecule has 7 nitrogen and oxygen atoms in total. The Morgan fingerprint density at radius 2 is 1.67 bits per heavy atom. The van der Waals surface area contributed by atoms with Crippen LogP contribution in [-0.2, 0) is 7.05 Å². The fourth-order valence-corrected chi connectivity index (χ4v) is 3.15. The van der Waals surface area contributed by atoms with Crippen molar-refractivity contribution in [3.05, 3.63) is 92.5 Å². The minimum atomic E-state index is -0.851. The van der Waals surface area contributed by atoms with Gasteiger partial charge in [-0.25, -0.2) is 22.5 Å². The Balaban J connectivity index is 1.85. The summed E-state index contributed by atoms with van der Waals surface area (Å²) < 4.78 is 42.5. The van der Waals surface area contributed by atoms with E-state index in [1.165, 1.54) is 29.9 Å². The monoisotopic (exact) mass is 414 g/mol. The first kappa shape index (κ1) is 19.2. The Morgan fingerprint density at radius 1 is 1.00 bits per heavy atom. The number of nitrogens with one attached hydrogen (secondary N) is 2. The van der Waals surface area contributed by atoms with Crippen molar-refractivity contribution in [1.82, 2.24) is 14.1 Å². The third-order valence-corrected chi connectivity index (χ3v) is 4.53. The second-order valence-corrected chi connectivity index (χ2v) is 6.50. The molecule has 2 heterocycles. The molecule has 0 radical (unpaired) electrons. The maximum absolute atomic E-state index is 13.8. The van der Waals surface area contributed by atoms with Crippen LogP contribution in [0.4, 0.5) is 18.9 Å². The highest BCUT2D eigenvalue weighted by Crippen LogP contribution is 2.20. The van der Waals surface area contributed by atoms with E-state index >= 15 is 0 Å². The molecule has 2 aromatic heterocycles. The number of aryl methyl sites for hydroxylation is 1. The number of aromatic amines is 1. The van der Waals surface area contributed by atoms with Crippen LogP contribution in [0.1, 0.15) is 10.4 Å². The van der Waals surface area contributed by atoms with Gasteiger partial charge in [-0.3, -0.25) is 9.59 Å². The molecule has 0 saturated carbocycles. The van der Waals surface area contributed by atoms with Crippen molar-refractivity contribution in [2.75, 3.05) is 5.32 Å². The molecule has 4 rings (SSSR count). The van der Waals surface area contributed by atoms with Crippen LogP contribution in [-0.4, -0.2) is 20.0 Å². The van der Waals surface area contributed by atoms with E-state index in [0.717, 1.165) is 34.9 Å². The number of benzene rings is 2. The lowest BCUT2D eigenvalue weighted by atomic mass is 10.2. The molecule has 1 amide bonds. The van der Waals surface area contributed by atoms with Gasteiger partial charge in [-0.1, -0.05) is 0 Å². The van der Waals surface area contributed by atoms with Crippen molar-refractivity contribution in [1.29, 1.82) is 0 Å². The fraction of sp³-hybridized carbons (Fsp3) is 0.0500. The predicted octanol–water partition coefficient (Wildman–Crippen LogP) is 2.69. The van der Waals surface area contributed by atoms with Crippen molar-refractivity contribution >= 4 is 22.6 Å².